The van der Waals surface area contributed by atoms with E-state index in [1.807, 2.05) is 11.3 Å². The monoisotopic (exact) mass is 628 g/mol. The molecule has 0 bridgehead atoms. The average Bonchev–Trinajstić information content (AvgIpc) is 3.71. The lowest BCUT2D eigenvalue weighted by Gasteiger charge is -2.11. The summed E-state index contributed by atoms with van der Waals surface area (Å²) in [6.45, 7) is 0. The van der Waals surface area contributed by atoms with E-state index in [9.17, 15) is 0 Å². The van der Waals surface area contributed by atoms with Crippen molar-refractivity contribution in [3.63, 3.8) is 0 Å². The number of benzene rings is 7. The van der Waals surface area contributed by atoms with E-state index >= 15 is 0 Å². The van der Waals surface area contributed by atoms with Crippen LogP contribution < -0.4 is 0 Å². The molecule has 0 amide bonds. The third kappa shape index (κ3) is 4.15. The summed E-state index contributed by atoms with van der Waals surface area (Å²) in [5, 5.41) is 7.50. The normalized spacial score (nSPS) is 11.8. The van der Waals surface area contributed by atoms with E-state index < -0.39 is 0 Å². The Hall–Kier alpha value is -6.03. The standard InChI is InChI=1S/C45H28N2S/c1-3-12-29(13-4-1)30-22-24-33(25-23-30)47-40-21-10-9-18-37(40)42-41(47)27-26-36-35-19-11-20-38(44(35)48-45(36)42)43-34-17-8-7-16-32(34)28-39(46-43)31-14-5-2-6-15-31/h1-28H. The van der Waals surface area contributed by atoms with Gasteiger partial charge < -0.3 is 4.57 Å². The fraction of sp³-hybridized carbons (Fsp3) is 0. The van der Waals surface area contributed by atoms with Crippen LogP contribution in [0, 0.1) is 0 Å². The molecule has 224 valence electrons. The van der Waals surface area contributed by atoms with Gasteiger partial charge >= 0.3 is 0 Å². The highest BCUT2D eigenvalue weighted by Gasteiger charge is 2.20. The third-order valence-electron chi connectivity index (χ3n) is 9.60. The molecule has 0 saturated carbocycles. The number of thiophene rings is 1. The van der Waals surface area contributed by atoms with Gasteiger partial charge in [-0.3, -0.25) is 0 Å². The average molecular weight is 629 g/mol. The molecule has 0 unspecified atom stereocenters. The molecule has 0 aliphatic rings. The van der Waals surface area contributed by atoms with Crippen molar-refractivity contribution in [2.45, 2.75) is 0 Å². The minimum atomic E-state index is 0.992. The number of nitrogens with zero attached hydrogens (tertiary/aromatic N) is 2. The van der Waals surface area contributed by atoms with Gasteiger partial charge in [-0.2, -0.15) is 0 Å². The molecule has 3 aromatic heterocycles. The van der Waals surface area contributed by atoms with Crippen LogP contribution >= 0.6 is 11.3 Å². The molecule has 0 aliphatic carbocycles. The number of aromatic nitrogens is 2. The Balaban J connectivity index is 1.22. The second-order valence-electron chi connectivity index (χ2n) is 12.3. The lowest BCUT2D eigenvalue weighted by molar-refractivity contribution is 1.18. The van der Waals surface area contributed by atoms with Gasteiger partial charge in [0.05, 0.1) is 22.4 Å². The fourth-order valence-corrected chi connectivity index (χ4v) is 8.74. The zero-order valence-corrected chi connectivity index (χ0v) is 26.8. The minimum Gasteiger partial charge on any atom is -0.309 e. The zero-order valence-electron chi connectivity index (χ0n) is 26.0. The van der Waals surface area contributed by atoms with E-state index in [0.29, 0.717) is 0 Å². The number of hydrogen-bond acceptors (Lipinski definition) is 2. The van der Waals surface area contributed by atoms with Gasteiger partial charge in [-0.25, -0.2) is 4.98 Å². The molecular formula is C45H28N2S. The molecule has 0 atom stereocenters. The van der Waals surface area contributed by atoms with Crippen LogP contribution in [0.4, 0.5) is 0 Å². The lowest BCUT2D eigenvalue weighted by Crippen LogP contribution is -1.93. The first-order chi connectivity index (χ1) is 23.8. The molecular weight excluding hydrogens is 601 g/mol. The summed E-state index contributed by atoms with van der Waals surface area (Å²) in [5.41, 5.74) is 10.4. The van der Waals surface area contributed by atoms with Crippen LogP contribution in [0.25, 0.3) is 92.1 Å². The number of pyridine rings is 1. The summed E-state index contributed by atoms with van der Waals surface area (Å²) >= 11 is 1.89. The first kappa shape index (κ1) is 27.1. The van der Waals surface area contributed by atoms with Gasteiger partial charge in [0, 0.05) is 53.1 Å². The van der Waals surface area contributed by atoms with Gasteiger partial charge in [0.2, 0.25) is 0 Å². The van der Waals surface area contributed by atoms with Gasteiger partial charge in [0.1, 0.15) is 0 Å². The van der Waals surface area contributed by atoms with Gasteiger partial charge in [-0.05, 0) is 46.8 Å². The van der Waals surface area contributed by atoms with Gasteiger partial charge in [-0.1, -0.05) is 140 Å². The first-order valence-electron chi connectivity index (χ1n) is 16.3. The molecule has 0 radical (unpaired) electrons. The molecule has 48 heavy (non-hydrogen) atoms. The highest BCUT2D eigenvalue weighted by molar-refractivity contribution is 7.27. The van der Waals surface area contributed by atoms with Crippen LogP contribution in [0.1, 0.15) is 0 Å². The van der Waals surface area contributed by atoms with Crippen molar-refractivity contribution in [3.05, 3.63) is 170 Å². The van der Waals surface area contributed by atoms with Crippen molar-refractivity contribution in [3.8, 4) is 39.3 Å². The molecule has 0 spiro atoms. The van der Waals surface area contributed by atoms with E-state index in [4.69, 9.17) is 4.98 Å². The van der Waals surface area contributed by atoms with Crippen molar-refractivity contribution in [2.75, 3.05) is 0 Å². The maximum absolute atomic E-state index is 5.35. The highest BCUT2D eigenvalue weighted by atomic mass is 32.1. The molecule has 3 heteroatoms. The molecule has 0 saturated heterocycles. The molecule has 0 aliphatic heterocycles. The summed E-state index contributed by atoms with van der Waals surface area (Å²) in [6.07, 6.45) is 0. The summed E-state index contributed by atoms with van der Waals surface area (Å²) in [5.74, 6) is 0. The van der Waals surface area contributed by atoms with Crippen molar-refractivity contribution >= 4 is 64.1 Å². The summed E-state index contributed by atoms with van der Waals surface area (Å²) in [7, 11) is 0. The lowest BCUT2D eigenvalue weighted by atomic mass is 9.99. The maximum Gasteiger partial charge on any atom is 0.0802 e. The van der Waals surface area contributed by atoms with Gasteiger partial charge in [0.15, 0.2) is 0 Å². The SMILES string of the molecule is c1ccc(-c2ccc(-n3c4ccccc4c4c5sc6c(-c7nc(-c8ccccc8)cc8ccccc78)cccc6c5ccc43)cc2)cc1. The van der Waals surface area contributed by atoms with Crippen molar-refractivity contribution < 1.29 is 0 Å². The van der Waals surface area contributed by atoms with Gasteiger partial charge in [0.25, 0.3) is 0 Å². The summed E-state index contributed by atoms with van der Waals surface area (Å²) in [6, 6.07) is 61.1. The fourth-order valence-electron chi connectivity index (χ4n) is 7.37. The van der Waals surface area contributed by atoms with Crippen molar-refractivity contribution in [1.82, 2.24) is 9.55 Å². The number of para-hydroxylation sites is 1. The summed E-state index contributed by atoms with van der Waals surface area (Å²) in [4.78, 5) is 5.35. The van der Waals surface area contributed by atoms with Crippen molar-refractivity contribution in [1.29, 1.82) is 0 Å². The van der Waals surface area contributed by atoms with E-state index in [1.165, 1.54) is 69.4 Å². The zero-order chi connectivity index (χ0) is 31.6. The van der Waals surface area contributed by atoms with Crippen LogP contribution in [0.15, 0.2) is 170 Å². The van der Waals surface area contributed by atoms with E-state index in [-0.39, 0.29) is 0 Å². The minimum absolute atomic E-state index is 0.992. The van der Waals surface area contributed by atoms with Crippen molar-refractivity contribution in [2.24, 2.45) is 0 Å². The Morgan fingerprint density at radius 3 is 1.90 bits per heavy atom. The summed E-state index contributed by atoms with van der Waals surface area (Å²) < 4.78 is 5.00. The van der Waals surface area contributed by atoms with E-state index in [0.717, 1.165) is 22.6 Å². The van der Waals surface area contributed by atoms with Crippen LogP contribution in [0.5, 0.6) is 0 Å². The van der Waals surface area contributed by atoms with E-state index in [1.54, 1.807) is 0 Å². The molecule has 3 heterocycles. The molecule has 10 aromatic rings. The predicted molar refractivity (Wildman–Crippen MR) is 205 cm³/mol. The molecule has 7 aromatic carbocycles. The van der Waals surface area contributed by atoms with Gasteiger partial charge in [-0.15, -0.1) is 11.3 Å². The quantitative estimate of drug-likeness (QED) is 0.190. The topological polar surface area (TPSA) is 17.8 Å². The second kappa shape index (κ2) is 10.8. The second-order valence-corrected chi connectivity index (χ2v) is 13.4. The van der Waals surface area contributed by atoms with Crippen LogP contribution in [-0.4, -0.2) is 9.55 Å². The Morgan fingerprint density at radius 2 is 1.08 bits per heavy atom. The molecule has 0 fully saturated rings. The van der Waals surface area contributed by atoms with E-state index in [2.05, 4.69) is 174 Å². The highest BCUT2D eigenvalue weighted by Crippen LogP contribution is 2.46. The molecule has 0 N–H and O–H groups in total. The number of hydrogen-bond donors (Lipinski definition) is 0. The van der Waals surface area contributed by atoms with Crippen LogP contribution in [0.3, 0.4) is 0 Å². The first-order valence-corrected chi connectivity index (χ1v) is 17.1. The largest absolute Gasteiger partial charge is 0.309 e. The smallest absolute Gasteiger partial charge is 0.0802 e. The Kier molecular flexibility index (Phi) is 6.08. The molecule has 2 nitrogen and oxygen atoms in total. The molecule has 10 rings (SSSR count). The Morgan fingerprint density at radius 1 is 0.438 bits per heavy atom. The number of rotatable bonds is 4. The third-order valence-corrected chi connectivity index (χ3v) is 10.9. The van der Waals surface area contributed by atoms with Crippen LogP contribution in [-0.2, 0) is 0 Å². The predicted octanol–water partition coefficient (Wildman–Crippen LogP) is 12.7. The maximum atomic E-state index is 5.35. The Labute approximate surface area is 281 Å². The number of fused-ring (bicyclic) bond motifs is 8. The Bertz CT molecular complexity index is 2810. The van der Waals surface area contributed by atoms with Crippen LogP contribution in [0.2, 0.25) is 0 Å².